The van der Waals surface area contributed by atoms with Crippen molar-refractivity contribution in [1.82, 2.24) is 0 Å². The van der Waals surface area contributed by atoms with Gasteiger partial charge in [-0.1, -0.05) is 29.8 Å². The molecule has 2 heterocycles. The number of amides is 1. The Hall–Kier alpha value is -3.93. The molecule has 144 valence electrons. The minimum absolute atomic E-state index is 0.182. The molecule has 1 aliphatic heterocycles. The number of nitrogens with zero attached hydrogens (tertiary/aromatic N) is 2. The molecule has 2 aromatic carbocycles. The van der Waals surface area contributed by atoms with Crippen molar-refractivity contribution in [3.8, 4) is 11.3 Å². The lowest BCUT2D eigenvalue weighted by Crippen LogP contribution is -2.21. The molecular formula is C23H18N2O4. The number of aromatic carboxylic acids is 1. The molecule has 3 aromatic rings. The second-order valence-corrected chi connectivity index (χ2v) is 6.78. The predicted octanol–water partition coefficient (Wildman–Crippen LogP) is 4.76. The standard InChI is InChI=1S/C23H18N2O4/c1-14-6-8-18(9-7-14)25-22(26)20(15(2)24-25)13-19-10-11-21(29-19)16-4-3-5-17(12-16)23(27)28/h3-13H,1-2H3,(H,27,28). The summed E-state index contributed by atoms with van der Waals surface area (Å²) in [7, 11) is 0. The van der Waals surface area contributed by atoms with E-state index in [4.69, 9.17) is 9.52 Å². The molecule has 4 rings (SSSR count). The fraction of sp³-hybridized carbons (Fsp3) is 0.0870. The topological polar surface area (TPSA) is 83.1 Å². The average molecular weight is 386 g/mol. The van der Waals surface area contributed by atoms with Gasteiger partial charge >= 0.3 is 5.97 Å². The Labute approximate surface area is 167 Å². The first-order chi connectivity index (χ1) is 13.9. The van der Waals surface area contributed by atoms with Crippen LogP contribution in [0.15, 0.2) is 75.8 Å². The van der Waals surface area contributed by atoms with Gasteiger partial charge in [0.2, 0.25) is 0 Å². The van der Waals surface area contributed by atoms with Crippen LogP contribution in [0.2, 0.25) is 0 Å². The Bertz CT molecular complexity index is 1170. The van der Waals surface area contributed by atoms with Crippen molar-refractivity contribution in [1.29, 1.82) is 0 Å². The van der Waals surface area contributed by atoms with E-state index in [1.54, 1.807) is 43.3 Å². The van der Waals surface area contributed by atoms with Crippen molar-refractivity contribution < 1.29 is 19.1 Å². The largest absolute Gasteiger partial charge is 0.478 e. The summed E-state index contributed by atoms with van der Waals surface area (Å²) in [6.07, 6.45) is 1.65. The Balaban J connectivity index is 1.61. The van der Waals surface area contributed by atoms with Gasteiger partial charge in [0, 0.05) is 5.56 Å². The summed E-state index contributed by atoms with van der Waals surface area (Å²) in [5.74, 6) is -0.211. The van der Waals surface area contributed by atoms with E-state index in [0.717, 1.165) is 5.56 Å². The van der Waals surface area contributed by atoms with Gasteiger partial charge in [-0.3, -0.25) is 4.79 Å². The molecule has 0 fully saturated rings. The lowest BCUT2D eigenvalue weighted by atomic mass is 10.1. The van der Waals surface area contributed by atoms with Crippen molar-refractivity contribution in [3.05, 3.63) is 83.1 Å². The number of hydrazone groups is 1. The van der Waals surface area contributed by atoms with Gasteiger partial charge in [-0.15, -0.1) is 0 Å². The van der Waals surface area contributed by atoms with Crippen LogP contribution in [0.4, 0.5) is 5.69 Å². The molecule has 0 bridgehead atoms. The quantitative estimate of drug-likeness (QED) is 0.656. The highest BCUT2D eigenvalue weighted by molar-refractivity contribution is 6.32. The van der Waals surface area contributed by atoms with Crippen LogP contribution in [0.25, 0.3) is 17.4 Å². The number of benzene rings is 2. The summed E-state index contributed by atoms with van der Waals surface area (Å²) < 4.78 is 5.82. The minimum atomic E-state index is -1.000. The Kier molecular flexibility index (Phi) is 4.60. The summed E-state index contributed by atoms with van der Waals surface area (Å²) in [4.78, 5) is 24.0. The first-order valence-electron chi connectivity index (χ1n) is 9.04. The van der Waals surface area contributed by atoms with E-state index >= 15 is 0 Å². The van der Waals surface area contributed by atoms with Crippen LogP contribution in [0.3, 0.4) is 0 Å². The first kappa shape index (κ1) is 18.4. The Morgan fingerprint density at radius 1 is 1.07 bits per heavy atom. The Morgan fingerprint density at radius 3 is 2.55 bits per heavy atom. The average Bonchev–Trinajstić information content (AvgIpc) is 3.29. The molecule has 1 N–H and O–H groups in total. The van der Waals surface area contributed by atoms with Crippen molar-refractivity contribution in [2.75, 3.05) is 5.01 Å². The third-order valence-corrected chi connectivity index (χ3v) is 4.65. The number of hydrogen-bond acceptors (Lipinski definition) is 4. The van der Waals surface area contributed by atoms with Gasteiger partial charge in [0.15, 0.2) is 0 Å². The predicted molar refractivity (Wildman–Crippen MR) is 111 cm³/mol. The van der Waals surface area contributed by atoms with Crippen molar-refractivity contribution in [2.45, 2.75) is 13.8 Å². The fourth-order valence-corrected chi connectivity index (χ4v) is 3.08. The molecule has 1 aromatic heterocycles. The number of carbonyl (C=O) groups is 2. The molecule has 0 unspecified atom stereocenters. The molecule has 0 saturated carbocycles. The van der Waals surface area contributed by atoms with Crippen LogP contribution in [0, 0.1) is 6.92 Å². The zero-order chi connectivity index (χ0) is 20.5. The first-order valence-corrected chi connectivity index (χ1v) is 9.04. The van der Waals surface area contributed by atoms with Crippen molar-refractivity contribution in [2.24, 2.45) is 5.10 Å². The van der Waals surface area contributed by atoms with E-state index in [0.29, 0.717) is 34.1 Å². The summed E-state index contributed by atoms with van der Waals surface area (Å²) in [6.45, 7) is 3.76. The lowest BCUT2D eigenvalue weighted by Gasteiger charge is -2.11. The normalized spacial score (nSPS) is 15.1. The molecule has 0 atom stereocenters. The highest BCUT2D eigenvalue weighted by atomic mass is 16.4. The van der Waals surface area contributed by atoms with Crippen molar-refractivity contribution >= 4 is 29.4 Å². The van der Waals surface area contributed by atoms with Gasteiger partial charge in [0.25, 0.3) is 5.91 Å². The van der Waals surface area contributed by atoms with Crippen LogP contribution < -0.4 is 5.01 Å². The van der Waals surface area contributed by atoms with Gasteiger partial charge in [0.05, 0.1) is 22.5 Å². The number of aryl methyl sites for hydroxylation is 1. The van der Waals surface area contributed by atoms with Gasteiger partial charge in [-0.2, -0.15) is 10.1 Å². The number of rotatable bonds is 4. The highest BCUT2D eigenvalue weighted by Gasteiger charge is 2.29. The maximum absolute atomic E-state index is 12.8. The lowest BCUT2D eigenvalue weighted by molar-refractivity contribution is -0.114. The highest BCUT2D eigenvalue weighted by Crippen LogP contribution is 2.28. The maximum atomic E-state index is 12.8. The number of carbonyl (C=O) groups excluding carboxylic acids is 1. The number of furan rings is 1. The van der Waals surface area contributed by atoms with Crippen LogP contribution in [0.5, 0.6) is 0 Å². The number of anilines is 1. The third-order valence-electron chi connectivity index (χ3n) is 4.65. The molecule has 1 amide bonds. The molecule has 0 spiro atoms. The summed E-state index contributed by atoms with van der Waals surface area (Å²) in [5, 5.41) is 14.9. The van der Waals surface area contributed by atoms with Crippen LogP contribution >= 0.6 is 0 Å². The Morgan fingerprint density at radius 2 is 1.83 bits per heavy atom. The SMILES string of the molecule is CC1=NN(c2ccc(C)cc2)C(=O)C1=Cc1ccc(-c2cccc(C(=O)O)c2)o1. The molecule has 6 nitrogen and oxygen atoms in total. The molecule has 0 aliphatic carbocycles. The fourth-order valence-electron chi connectivity index (χ4n) is 3.08. The van der Waals surface area contributed by atoms with E-state index in [-0.39, 0.29) is 11.5 Å². The molecule has 6 heteroatoms. The van der Waals surface area contributed by atoms with Gasteiger partial charge in [-0.05, 0) is 56.3 Å². The molecule has 29 heavy (non-hydrogen) atoms. The number of carboxylic acids is 1. The van der Waals surface area contributed by atoms with Gasteiger partial charge in [0.1, 0.15) is 11.5 Å². The molecular weight excluding hydrogens is 368 g/mol. The molecule has 1 aliphatic rings. The van der Waals surface area contributed by atoms with Crippen LogP contribution in [-0.2, 0) is 4.79 Å². The molecule has 0 saturated heterocycles. The number of hydrogen-bond donors (Lipinski definition) is 1. The van der Waals surface area contributed by atoms with E-state index in [9.17, 15) is 9.59 Å². The second kappa shape index (κ2) is 7.24. The maximum Gasteiger partial charge on any atom is 0.335 e. The minimum Gasteiger partial charge on any atom is -0.478 e. The summed E-state index contributed by atoms with van der Waals surface area (Å²) in [5.41, 5.74) is 3.69. The summed E-state index contributed by atoms with van der Waals surface area (Å²) in [6, 6.07) is 17.6. The summed E-state index contributed by atoms with van der Waals surface area (Å²) >= 11 is 0. The van der Waals surface area contributed by atoms with Gasteiger partial charge in [-0.25, -0.2) is 4.79 Å². The zero-order valence-corrected chi connectivity index (χ0v) is 15.9. The zero-order valence-electron chi connectivity index (χ0n) is 15.9. The van der Waals surface area contributed by atoms with E-state index in [1.807, 2.05) is 31.2 Å². The van der Waals surface area contributed by atoms with E-state index in [1.165, 1.54) is 11.1 Å². The van der Waals surface area contributed by atoms with Gasteiger partial charge < -0.3 is 9.52 Å². The number of carboxylic acid groups (broad SMARTS) is 1. The van der Waals surface area contributed by atoms with E-state index in [2.05, 4.69) is 5.10 Å². The second-order valence-electron chi connectivity index (χ2n) is 6.78. The van der Waals surface area contributed by atoms with Crippen molar-refractivity contribution in [3.63, 3.8) is 0 Å². The van der Waals surface area contributed by atoms with Crippen LogP contribution in [0.1, 0.15) is 28.6 Å². The van der Waals surface area contributed by atoms with Crippen LogP contribution in [-0.4, -0.2) is 22.7 Å². The third kappa shape index (κ3) is 3.60. The molecule has 0 radical (unpaired) electrons. The van der Waals surface area contributed by atoms with E-state index < -0.39 is 5.97 Å². The monoisotopic (exact) mass is 386 g/mol. The smallest absolute Gasteiger partial charge is 0.335 e.